The first kappa shape index (κ1) is 13.6. The zero-order chi connectivity index (χ0) is 13.6. The monoisotopic (exact) mass is 277 g/mol. The Morgan fingerprint density at radius 1 is 1.05 bits per heavy atom. The Balaban J connectivity index is 1.26. The van der Waals surface area contributed by atoms with Gasteiger partial charge in [-0.3, -0.25) is 0 Å². The van der Waals surface area contributed by atoms with Crippen LogP contribution in [0.4, 0.5) is 0 Å². The van der Waals surface area contributed by atoms with Gasteiger partial charge in [0, 0.05) is 19.2 Å². The fourth-order valence-electron chi connectivity index (χ4n) is 5.81. The van der Waals surface area contributed by atoms with Gasteiger partial charge in [0.1, 0.15) is 0 Å². The molecule has 0 aromatic heterocycles. The molecule has 0 radical (unpaired) electrons. The molecule has 114 valence electrons. The highest BCUT2D eigenvalue weighted by Crippen LogP contribution is 2.61. The fourth-order valence-corrected chi connectivity index (χ4v) is 5.81. The van der Waals surface area contributed by atoms with Gasteiger partial charge in [0.2, 0.25) is 0 Å². The summed E-state index contributed by atoms with van der Waals surface area (Å²) in [7, 11) is 0. The molecular weight excluding hydrogens is 246 g/mol. The van der Waals surface area contributed by atoms with Crippen LogP contribution in [0.5, 0.6) is 0 Å². The van der Waals surface area contributed by atoms with Gasteiger partial charge in [-0.15, -0.1) is 0 Å². The van der Waals surface area contributed by atoms with Gasteiger partial charge in [-0.25, -0.2) is 0 Å². The van der Waals surface area contributed by atoms with Crippen LogP contribution in [-0.2, 0) is 4.74 Å². The lowest BCUT2D eigenvalue weighted by Gasteiger charge is -2.59. The topological polar surface area (TPSA) is 21.3 Å². The van der Waals surface area contributed by atoms with E-state index in [9.17, 15) is 0 Å². The van der Waals surface area contributed by atoms with Crippen LogP contribution < -0.4 is 5.32 Å². The second-order valence-electron chi connectivity index (χ2n) is 8.47. The van der Waals surface area contributed by atoms with E-state index in [2.05, 4.69) is 12.2 Å². The molecule has 0 spiro atoms. The maximum atomic E-state index is 5.76. The Bertz CT molecular complexity index is 314. The standard InChI is InChI=1S/C18H31NO/c1-13(19-4-5-20-12-14-2-3-14)18-9-15-6-16(10-18)8-17(7-15)11-18/h13-17,19H,2-12H2,1H3. The van der Waals surface area contributed by atoms with Crippen LogP contribution in [-0.4, -0.2) is 25.8 Å². The van der Waals surface area contributed by atoms with Crippen molar-refractivity contribution in [2.24, 2.45) is 29.1 Å². The largest absolute Gasteiger partial charge is 0.380 e. The summed E-state index contributed by atoms with van der Waals surface area (Å²) in [5.41, 5.74) is 0.644. The molecule has 1 unspecified atom stereocenters. The second kappa shape index (κ2) is 5.28. The predicted molar refractivity (Wildman–Crippen MR) is 81.6 cm³/mol. The van der Waals surface area contributed by atoms with Gasteiger partial charge in [0.25, 0.3) is 0 Å². The lowest BCUT2D eigenvalue weighted by Crippen LogP contribution is -2.55. The Morgan fingerprint density at radius 3 is 2.20 bits per heavy atom. The number of rotatable bonds is 7. The van der Waals surface area contributed by atoms with E-state index in [0.717, 1.165) is 43.4 Å². The van der Waals surface area contributed by atoms with Crippen molar-refractivity contribution in [3.8, 4) is 0 Å². The van der Waals surface area contributed by atoms with Crippen LogP contribution in [0.25, 0.3) is 0 Å². The molecule has 2 nitrogen and oxygen atoms in total. The van der Waals surface area contributed by atoms with E-state index in [4.69, 9.17) is 4.74 Å². The van der Waals surface area contributed by atoms with Crippen molar-refractivity contribution < 1.29 is 4.74 Å². The molecular formula is C18H31NO. The molecule has 5 saturated carbocycles. The van der Waals surface area contributed by atoms with Crippen molar-refractivity contribution in [1.29, 1.82) is 0 Å². The predicted octanol–water partition coefficient (Wildman–Crippen LogP) is 3.61. The van der Waals surface area contributed by atoms with E-state index in [0.29, 0.717) is 11.5 Å². The summed E-state index contributed by atoms with van der Waals surface area (Å²) in [6.45, 7) is 5.42. The van der Waals surface area contributed by atoms with E-state index in [-0.39, 0.29) is 0 Å². The molecule has 5 aliphatic rings. The Kier molecular flexibility index (Phi) is 3.58. The SMILES string of the molecule is CC(NCCOCC1CC1)C12CC3CC(CC(C3)C1)C2. The molecule has 2 heteroatoms. The van der Waals surface area contributed by atoms with Crippen molar-refractivity contribution in [3.05, 3.63) is 0 Å². The van der Waals surface area contributed by atoms with E-state index in [1.807, 2.05) is 0 Å². The van der Waals surface area contributed by atoms with Crippen molar-refractivity contribution in [1.82, 2.24) is 5.32 Å². The van der Waals surface area contributed by atoms with E-state index in [1.165, 1.54) is 32.1 Å². The maximum Gasteiger partial charge on any atom is 0.0591 e. The summed E-state index contributed by atoms with van der Waals surface area (Å²) < 4.78 is 5.76. The van der Waals surface area contributed by atoms with Gasteiger partial charge in [0.15, 0.2) is 0 Å². The zero-order valence-electron chi connectivity index (χ0n) is 13.1. The summed E-state index contributed by atoms with van der Waals surface area (Å²) >= 11 is 0. The van der Waals surface area contributed by atoms with Crippen molar-refractivity contribution in [2.45, 2.75) is 64.3 Å². The smallest absolute Gasteiger partial charge is 0.0591 e. The molecule has 0 aliphatic heterocycles. The fraction of sp³-hybridized carbons (Fsp3) is 1.00. The molecule has 1 N–H and O–H groups in total. The van der Waals surface area contributed by atoms with Gasteiger partial charge in [-0.1, -0.05) is 0 Å². The average Bonchev–Trinajstić information content (AvgIpc) is 3.20. The third-order valence-electron chi connectivity index (χ3n) is 6.75. The molecule has 4 bridgehead atoms. The highest BCUT2D eigenvalue weighted by Gasteiger charge is 2.52. The van der Waals surface area contributed by atoms with Crippen LogP contribution in [0.15, 0.2) is 0 Å². The maximum absolute atomic E-state index is 5.76. The first-order valence-electron chi connectivity index (χ1n) is 9.05. The quantitative estimate of drug-likeness (QED) is 0.718. The lowest BCUT2D eigenvalue weighted by molar-refractivity contribution is -0.0710. The van der Waals surface area contributed by atoms with Crippen molar-refractivity contribution >= 4 is 0 Å². The highest BCUT2D eigenvalue weighted by atomic mass is 16.5. The Morgan fingerprint density at radius 2 is 1.65 bits per heavy atom. The highest BCUT2D eigenvalue weighted by molar-refractivity contribution is 5.05. The van der Waals surface area contributed by atoms with Crippen LogP contribution in [0, 0.1) is 29.1 Å². The summed E-state index contributed by atoms with van der Waals surface area (Å²) in [4.78, 5) is 0. The van der Waals surface area contributed by atoms with Crippen LogP contribution in [0.2, 0.25) is 0 Å². The third-order valence-corrected chi connectivity index (χ3v) is 6.75. The Hall–Kier alpha value is -0.0800. The van der Waals surface area contributed by atoms with E-state index in [1.54, 1.807) is 19.3 Å². The van der Waals surface area contributed by atoms with Gasteiger partial charge in [-0.2, -0.15) is 0 Å². The molecule has 5 aliphatic carbocycles. The van der Waals surface area contributed by atoms with Gasteiger partial charge in [-0.05, 0) is 87.4 Å². The Labute approximate surface area is 124 Å². The minimum atomic E-state index is 0.644. The second-order valence-corrected chi connectivity index (χ2v) is 8.47. The van der Waals surface area contributed by atoms with Gasteiger partial charge < -0.3 is 10.1 Å². The van der Waals surface area contributed by atoms with E-state index >= 15 is 0 Å². The molecule has 0 amide bonds. The van der Waals surface area contributed by atoms with Crippen molar-refractivity contribution in [2.75, 3.05) is 19.8 Å². The number of nitrogens with one attached hydrogen (secondary N) is 1. The first-order chi connectivity index (χ1) is 9.73. The molecule has 20 heavy (non-hydrogen) atoms. The normalized spacial score (nSPS) is 44.0. The number of hydrogen-bond donors (Lipinski definition) is 1. The molecule has 5 fully saturated rings. The van der Waals surface area contributed by atoms with E-state index < -0.39 is 0 Å². The van der Waals surface area contributed by atoms with Crippen LogP contribution in [0.3, 0.4) is 0 Å². The summed E-state index contributed by atoms with van der Waals surface area (Å²) in [5.74, 6) is 4.10. The number of hydrogen-bond acceptors (Lipinski definition) is 2. The molecule has 0 heterocycles. The van der Waals surface area contributed by atoms with Gasteiger partial charge >= 0.3 is 0 Å². The summed E-state index contributed by atoms with van der Waals surface area (Å²) in [5, 5.41) is 3.81. The molecule has 1 atom stereocenters. The first-order valence-corrected chi connectivity index (χ1v) is 9.05. The molecule has 0 aromatic rings. The summed E-state index contributed by atoms with van der Waals surface area (Å²) in [6.07, 6.45) is 12.0. The third kappa shape index (κ3) is 2.66. The van der Waals surface area contributed by atoms with Gasteiger partial charge in [0.05, 0.1) is 6.61 Å². The van der Waals surface area contributed by atoms with Crippen LogP contribution >= 0.6 is 0 Å². The molecule has 5 rings (SSSR count). The lowest BCUT2D eigenvalue weighted by atomic mass is 9.48. The summed E-state index contributed by atoms with van der Waals surface area (Å²) in [6, 6.07) is 0.695. The van der Waals surface area contributed by atoms with Crippen LogP contribution in [0.1, 0.15) is 58.3 Å². The van der Waals surface area contributed by atoms with Crippen molar-refractivity contribution in [3.63, 3.8) is 0 Å². The number of ether oxygens (including phenoxy) is 1. The zero-order valence-corrected chi connectivity index (χ0v) is 13.1. The molecule has 0 saturated heterocycles. The molecule has 0 aromatic carbocycles. The minimum Gasteiger partial charge on any atom is -0.380 e. The minimum absolute atomic E-state index is 0.644. The average molecular weight is 277 g/mol.